The minimum atomic E-state index is -3.80. The molecule has 0 radical (unpaired) electrons. The summed E-state index contributed by atoms with van der Waals surface area (Å²) in [4.78, 5) is 28.1. The Kier molecular flexibility index (Phi) is 9.36. The molecule has 2 aromatic carbocycles. The molecule has 2 amide bonds. The Hall–Kier alpha value is -2.58. The van der Waals surface area contributed by atoms with Gasteiger partial charge in [0.1, 0.15) is 12.6 Å². The fraction of sp³-hybridized carbons (Fsp3) is 0.462. The number of amides is 2. The zero-order valence-electron chi connectivity index (χ0n) is 21.5. The summed E-state index contributed by atoms with van der Waals surface area (Å²) >= 11 is 6.35. The topological polar surface area (TPSA) is 86.8 Å². The van der Waals surface area contributed by atoms with Crippen molar-refractivity contribution in [3.8, 4) is 0 Å². The van der Waals surface area contributed by atoms with E-state index in [9.17, 15) is 18.0 Å². The van der Waals surface area contributed by atoms with E-state index in [1.54, 1.807) is 43.3 Å². The van der Waals surface area contributed by atoms with Gasteiger partial charge >= 0.3 is 0 Å². The molecule has 0 bridgehead atoms. The molecule has 7 nitrogen and oxygen atoms in total. The molecule has 9 heteroatoms. The molecule has 1 atom stereocenters. The van der Waals surface area contributed by atoms with Crippen molar-refractivity contribution in [3.63, 3.8) is 0 Å². The second-order valence-corrected chi connectivity index (χ2v) is 12.3. The third-order valence-corrected chi connectivity index (χ3v) is 6.97. The Labute approximate surface area is 214 Å². The minimum absolute atomic E-state index is 0.0428. The highest BCUT2D eigenvalue weighted by atomic mass is 35.5. The molecule has 0 aromatic heterocycles. The summed E-state index contributed by atoms with van der Waals surface area (Å²) in [6.45, 7) is 10.7. The van der Waals surface area contributed by atoms with E-state index in [-0.39, 0.29) is 18.4 Å². The van der Waals surface area contributed by atoms with Crippen LogP contribution in [-0.4, -0.2) is 49.5 Å². The van der Waals surface area contributed by atoms with Crippen molar-refractivity contribution >= 4 is 39.1 Å². The van der Waals surface area contributed by atoms with Gasteiger partial charge in [-0.25, -0.2) is 8.42 Å². The number of anilines is 1. The maximum Gasteiger partial charge on any atom is 0.244 e. The van der Waals surface area contributed by atoms with E-state index in [1.165, 1.54) is 4.90 Å². The SMILES string of the molecule is CC(C)c1ccccc1N(CC(=O)N(Cc1ccccc1Cl)[C@H](C)C(=O)NC(C)(C)C)S(C)(=O)=O. The number of nitrogens with one attached hydrogen (secondary N) is 1. The van der Waals surface area contributed by atoms with Gasteiger partial charge in [-0.3, -0.25) is 13.9 Å². The second kappa shape index (κ2) is 11.4. The predicted molar refractivity (Wildman–Crippen MR) is 142 cm³/mol. The summed E-state index contributed by atoms with van der Waals surface area (Å²) in [5, 5.41) is 3.35. The molecule has 0 unspecified atom stereocenters. The van der Waals surface area contributed by atoms with Crippen molar-refractivity contribution in [1.29, 1.82) is 0 Å². The average molecular weight is 522 g/mol. The van der Waals surface area contributed by atoms with E-state index in [2.05, 4.69) is 5.32 Å². The van der Waals surface area contributed by atoms with Crippen molar-refractivity contribution < 1.29 is 18.0 Å². The van der Waals surface area contributed by atoms with Gasteiger partial charge in [0.15, 0.2) is 0 Å². The van der Waals surface area contributed by atoms with Crippen LogP contribution in [0.4, 0.5) is 5.69 Å². The molecule has 0 saturated heterocycles. The van der Waals surface area contributed by atoms with Crippen molar-refractivity contribution in [2.45, 2.75) is 65.6 Å². The van der Waals surface area contributed by atoms with Crippen LogP contribution in [0.2, 0.25) is 5.02 Å². The fourth-order valence-corrected chi connectivity index (χ4v) is 4.73. The maximum atomic E-state index is 13.7. The third kappa shape index (κ3) is 7.97. The van der Waals surface area contributed by atoms with E-state index in [0.29, 0.717) is 16.3 Å². The van der Waals surface area contributed by atoms with Crippen LogP contribution < -0.4 is 9.62 Å². The standard InChI is InChI=1S/C26H36ClN3O4S/c1-18(2)21-13-9-11-15-23(21)30(35(7,33)34)17-24(31)29(16-20-12-8-10-14-22(20)27)19(3)25(32)28-26(4,5)6/h8-15,18-19H,16-17H2,1-7H3,(H,28,32)/t19-/m1/s1. The van der Waals surface area contributed by atoms with E-state index in [4.69, 9.17) is 11.6 Å². The Morgan fingerprint density at radius 3 is 2.11 bits per heavy atom. The molecule has 0 aliphatic carbocycles. The summed E-state index contributed by atoms with van der Waals surface area (Å²) in [7, 11) is -3.80. The van der Waals surface area contributed by atoms with Gasteiger partial charge in [0.25, 0.3) is 0 Å². The summed E-state index contributed by atoms with van der Waals surface area (Å²) < 4.78 is 26.8. The molecule has 0 spiro atoms. The van der Waals surface area contributed by atoms with E-state index >= 15 is 0 Å². The summed E-state index contributed by atoms with van der Waals surface area (Å²) in [5.41, 5.74) is 1.41. The van der Waals surface area contributed by atoms with Crippen LogP contribution >= 0.6 is 11.6 Å². The number of para-hydroxylation sites is 1. The van der Waals surface area contributed by atoms with Crippen LogP contribution in [0.25, 0.3) is 0 Å². The highest BCUT2D eigenvalue weighted by molar-refractivity contribution is 7.92. The number of halogens is 1. The lowest BCUT2D eigenvalue weighted by molar-refractivity contribution is -0.140. The van der Waals surface area contributed by atoms with E-state index in [0.717, 1.165) is 16.1 Å². The number of benzene rings is 2. The normalized spacial score (nSPS) is 12.8. The molecule has 192 valence electrons. The van der Waals surface area contributed by atoms with Crippen molar-refractivity contribution in [2.75, 3.05) is 17.1 Å². The van der Waals surface area contributed by atoms with Gasteiger partial charge < -0.3 is 10.2 Å². The Bertz CT molecular complexity index is 1160. The second-order valence-electron chi connectivity index (χ2n) is 10.0. The van der Waals surface area contributed by atoms with E-state index < -0.39 is 34.1 Å². The lowest BCUT2D eigenvalue weighted by atomic mass is 10.0. The Morgan fingerprint density at radius 2 is 1.57 bits per heavy atom. The first-order valence-corrected chi connectivity index (χ1v) is 13.8. The third-order valence-electron chi connectivity index (χ3n) is 5.47. The predicted octanol–water partition coefficient (Wildman–Crippen LogP) is 4.56. The monoisotopic (exact) mass is 521 g/mol. The summed E-state index contributed by atoms with van der Waals surface area (Å²) in [6.07, 6.45) is 1.07. The number of carbonyl (C=O) groups excluding carboxylic acids is 2. The largest absolute Gasteiger partial charge is 0.350 e. The van der Waals surface area contributed by atoms with Crippen LogP contribution in [0.1, 0.15) is 58.6 Å². The Morgan fingerprint density at radius 1 is 1.00 bits per heavy atom. The molecule has 0 fully saturated rings. The highest BCUT2D eigenvalue weighted by Crippen LogP contribution is 2.29. The number of nitrogens with zero attached hydrogens (tertiary/aromatic N) is 2. The van der Waals surface area contributed by atoms with Gasteiger partial charge in [0.2, 0.25) is 21.8 Å². The lowest BCUT2D eigenvalue weighted by Crippen LogP contribution is -2.54. The summed E-state index contributed by atoms with van der Waals surface area (Å²) in [5.74, 6) is -0.807. The average Bonchev–Trinajstić information content (AvgIpc) is 2.74. The molecule has 2 aromatic rings. The van der Waals surface area contributed by atoms with E-state index in [1.807, 2.05) is 46.8 Å². The molecule has 35 heavy (non-hydrogen) atoms. The van der Waals surface area contributed by atoms with Gasteiger partial charge in [-0.2, -0.15) is 0 Å². The van der Waals surface area contributed by atoms with Crippen LogP contribution in [0, 0.1) is 0 Å². The fourth-order valence-electron chi connectivity index (χ4n) is 3.66. The van der Waals surface area contributed by atoms with Crippen molar-refractivity contribution in [3.05, 3.63) is 64.7 Å². The van der Waals surface area contributed by atoms with Gasteiger partial charge in [0, 0.05) is 17.1 Å². The van der Waals surface area contributed by atoms with Gasteiger partial charge in [0.05, 0.1) is 11.9 Å². The molecule has 0 saturated carbocycles. The van der Waals surface area contributed by atoms with Gasteiger partial charge in [-0.05, 0) is 56.9 Å². The molecular weight excluding hydrogens is 486 g/mol. The molecule has 0 aliphatic rings. The minimum Gasteiger partial charge on any atom is -0.350 e. The highest BCUT2D eigenvalue weighted by Gasteiger charge is 2.32. The molecule has 0 aliphatic heterocycles. The smallest absolute Gasteiger partial charge is 0.244 e. The zero-order chi connectivity index (χ0) is 26.6. The first-order valence-electron chi connectivity index (χ1n) is 11.5. The number of rotatable bonds is 9. The zero-order valence-corrected chi connectivity index (χ0v) is 23.1. The number of hydrogen-bond donors (Lipinski definition) is 1. The van der Waals surface area contributed by atoms with Crippen molar-refractivity contribution in [2.24, 2.45) is 0 Å². The van der Waals surface area contributed by atoms with Crippen LogP contribution in [-0.2, 0) is 26.2 Å². The number of carbonyl (C=O) groups is 2. The number of hydrogen-bond acceptors (Lipinski definition) is 4. The Balaban J connectivity index is 2.49. The quantitative estimate of drug-likeness (QED) is 0.524. The molecule has 2 rings (SSSR count). The van der Waals surface area contributed by atoms with Crippen molar-refractivity contribution in [1.82, 2.24) is 10.2 Å². The molecule has 1 N–H and O–H groups in total. The van der Waals surface area contributed by atoms with Gasteiger partial charge in [-0.15, -0.1) is 0 Å². The number of sulfonamides is 1. The lowest BCUT2D eigenvalue weighted by Gasteiger charge is -2.34. The van der Waals surface area contributed by atoms with Gasteiger partial charge in [-0.1, -0.05) is 61.8 Å². The molecular formula is C26H36ClN3O4S. The van der Waals surface area contributed by atoms with Crippen LogP contribution in [0.5, 0.6) is 0 Å². The summed E-state index contributed by atoms with van der Waals surface area (Å²) in [6, 6.07) is 13.3. The maximum absolute atomic E-state index is 13.7. The van der Waals surface area contributed by atoms with Crippen LogP contribution in [0.3, 0.4) is 0 Å². The molecule has 0 heterocycles. The first kappa shape index (κ1) is 28.7. The first-order chi connectivity index (χ1) is 16.1. The van der Waals surface area contributed by atoms with Crippen LogP contribution in [0.15, 0.2) is 48.5 Å².